The van der Waals surface area contributed by atoms with E-state index in [0.717, 1.165) is 16.9 Å². The maximum atomic E-state index is 6.19. The van der Waals surface area contributed by atoms with E-state index in [0.29, 0.717) is 41.6 Å². The highest BCUT2D eigenvalue weighted by molar-refractivity contribution is 7.80. The molecule has 0 amide bonds. The predicted octanol–water partition coefficient (Wildman–Crippen LogP) is 6.84. The number of rotatable bonds is 10. The Morgan fingerprint density at radius 3 is 2.47 bits per heavy atom. The number of thiocarbonyl (C=S) groups is 1. The van der Waals surface area contributed by atoms with Gasteiger partial charge in [0, 0.05) is 17.1 Å². The van der Waals surface area contributed by atoms with Gasteiger partial charge in [-0.15, -0.1) is 0 Å². The van der Waals surface area contributed by atoms with Crippen LogP contribution in [0.25, 0.3) is 0 Å². The van der Waals surface area contributed by atoms with Crippen molar-refractivity contribution < 1.29 is 9.47 Å². The zero-order valence-corrected chi connectivity index (χ0v) is 21.9. The maximum Gasteiger partial charge on any atom is 0.187 e. The molecule has 0 heterocycles. The van der Waals surface area contributed by atoms with Gasteiger partial charge in [0.05, 0.1) is 6.21 Å². The average molecular weight is 522 g/mol. The first-order valence-corrected chi connectivity index (χ1v) is 13.2. The average Bonchev–Trinajstić information content (AvgIpc) is 2.92. The molecule has 1 aliphatic rings. The Bertz CT molecular complexity index is 1130. The number of hydrazone groups is 1. The molecule has 4 rings (SSSR count). The number of nitrogens with zero attached hydrogens (tertiary/aromatic N) is 1. The van der Waals surface area contributed by atoms with E-state index in [1.54, 1.807) is 18.3 Å². The fraction of sp³-hybridized carbons (Fsp3) is 0.310. The molecule has 5 nitrogen and oxygen atoms in total. The highest BCUT2D eigenvalue weighted by Crippen LogP contribution is 2.33. The molecular weight excluding hydrogens is 490 g/mol. The van der Waals surface area contributed by atoms with Crippen LogP contribution in [0, 0.1) is 0 Å². The summed E-state index contributed by atoms with van der Waals surface area (Å²) in [5, 5.41) is 8.39. The van der Waals surface area contributed by atoms with E-state index in [1.165, 1.54) is 37.7 Å². The smallest absolute Gasteiger partial charge is 0.187 e. The molecule has 36 heavy (non-hydrogen) atoms. The third-order valence-electron chi connectivity index (χ3n) is 6.20. The van der Waals surface area contributed by atoms with Crippen LogP contribution in [0.1, 0.15) is 54.7 Å². The van der Waals surface area contributed by atoms with Gasteiger partial charge in [-0.25, -0.2) is 0 Å². The molecule has 1 fully saturated rings. The Hall–Kier alpha value is -3.09. The maximum absolute atomic E-state index is 6.19. The summed E-state index contributed by atoms with van der Waals surface area (Å²) in [5.41, 5.74) is 6.14. The number of halogens is 1. The van der Waals surface area contributed by atoms with Crippen LogP contribution in [0.15, 0.2) is 77.9 Å². The van der Waals surface area contributed by atoms with E-state index in [4.69, 9.17) is 33.3 Å². The first kappa shape index (κ1) is 26.0. The highest BCUT2D eigenvalue weighted by Gasteiger charge is 2.15. The van der Waals surface area contributed by atoms with Crippen molar-refractivity contribution in [3.8, 4) is 11.5 Å². The Morgan fingerprint density at radius 2 is 1.69 bits per heavy atom. The van der Waals surface area contributed by atoms with Crippen molar-refractivity contribution in [2.75, 3.05) is 13.2 Å². The van der Waals surface area contributed by atoms with Crippen molar-refractivity contribution in [3.63, 3.8) is 0 Å². The van der Waals surface area contributed by atoms with E-state index < -0.39 is 0 Å². The van der Waals surface area contributed by atoms with Crippen molar-refractivity contribution in [2.45, 2.75) is 44.6 Å². The van der Waals surface area contributed by atoms with Crippen LogP contribution in [0.2, 0.25) is 5.02 Å². The molecule has 188 valence electrons. The van der Waals surface area contributed by atoms with Gasteiger partial charge >= 0.3 is 0 Å². The lowest BCUT2D eigenvalue weighted by molar-refractivity contribution is 0.217. The van der Waals surface area contributed by atoms with Crippen molar-refractivity contribution in [3.05, 3.63) is 94.5 Å². The van der Waals surface area contributed by atoms with E-state index >= 15 is 0 Å². The molecule has 1 saturated carbocycles. The predicted molar refractivity (Wildman–Crippen MR) is 151 cm³/mol. The van der Waals surface area contributed by atoms with Crippen LogP contribution < -0.4 is 20.2 Å². The second-order valence-corrected chi connectivity index (χ2v) is 9.67. The SMILES string of the molecule is S=C(NCc1ccccc1)N/N=C/c1cc(Cl)ccc1OCCOc1ccc(C2CCCCC2)cc1. The fourth-order valence-electron chi connectivity index (χ4n) is 4.31. The largest absolute Gasteiger partial charge is 0.490 e. The first-order valence-electron chi connectivity index (χ1n) is 12.4. The normalized spacial score (nSPS) is 13.9. The molecule has 3 aromatic rings. The molecule has 2 N–H and O–H groups in total. The van der Waals surface area contributed by atoms with Gasteiger partial charge in [0.25, 0.3) is 0 Å². The van der Waals surface area contributed by atoms with E-state index in [-0.39, 0.29) is 0 Å². The zero-order chi connectivity index (χ0) is 25.0. The summed E-state index contributed by atoms with van der Waals surface area (Å²) in [7, 11) is 0. The second-order valence-electron chi connectivity index (χ2n) is 8.82. The molecule has 0 unspecified atom stereocenters. The lowest BCUT2D eigenvalue weighted by atomic mass is 9.84. The summed E-state index contributed by atoms with van der Waals surface area (Å²) in [4.78, 5) is 0. The van der Waals surface area contributed by atoms with Gasteiger partial charge in [0.15, 0.2) is 5.11 Å². The van der Waals surface area contributed by atoms with Crippen LogP contribution in [0.5, 0.6) is 11.5 Å². The summed E-state index contributed by atoms with van der Waals surface area (Å²) in [6.45, 7) is 1.46. The highest BCUT2D eigenvalue weighted by atomic mass is 35.5. The van der Waals surface area contributed by atoms with E-state index in [9.17, 15) is 0 Å². The summed E-state index contributed by atoms with van der Waals surface area (Å²) in [5.74, 6) is 2.23. The van der Waals surface area contributed by atoms with Gasteiger partial charge in [-0.3, -0.25) is 5.43 Å². The number of nitrogens with one attached hydrogen (secondary N) is 2. The summed E-state index contributed by atoms with van der Waals surface area (Å²) in [6, 6.07) is 24.0. The topological polar surface area (TPSA) is 54.9 Å². The molecule has 0 radical (unpaired) electrons. The zero-order valence-electron chi connectivity index (χ0n) is 20.3. The van der Waals surface area contributed by atoms with Crippen LogP contribution >= 0.6 is 23.8 Å². The van der Waals surface area contributed by atoms with Gasteiger partial charge in [-0.2, -0.15) is 5.10 Å². The molecular formula is C29H32ClN3O2S. The lowest BCUT2D eigenvalue weighted by Crippen LogP contribution is -2.31. The monoisotopic (exact) mass is 521 g/mol. The van der Waals surface area contributed by atoms with Crippen molar-refractivity contribution in [2.24, 2.45) is 5.10 Å². The first-order chi connectivity index (χ1) is 17.7. The van der Waals surface area contributed by atoms with Crippen molar-refractivity contribution >= 4 is 35.1 Å². The summed E-state index contributed by atoms with van der Waals surface area (Å²) < 4.78 is 11.8. The number of ether oxygens (including phenoxy) is 2. The van der Waals surface area contributed by atoms with Crippen molar-refractivity contribution in [1.29, 1.82) is 0 Å². The Morgan fingerprint density at radius 1 is 0.944 bits per heavy atom. The van der Waals surface area contributed by atoms with Crippen LogP contribution in [0.4, 0.5) is 0 Å². The minimum Gasteiger partial charge on any atom is -0.490 e. The van der Waals surface area contributed by atoms with Crippen LogP contribution in [-0.4, -0.2) is 24.5 Å². The summed E-state index contributed by atoms with van der Waals surface area (Å²) in [6.07, 6.45) is 8.28. The molecule has 0 atom stereocenters. The minimum absolute atomic E-state index is 0.400. The lowest BCUT2D eigenvalue weighted by Gasteiger charge is -2.22. The van der Waals surface area contributed by atoms with Crippen LogP contribution in [0.3, 0.4) is 0 Å². The molecule has 0 spiro atoms. The van der Waals surface area contributed by atoms with Crippen LogP contribution in [-0.2, 0) is 6.54 Å². The molecule has 7 heteroatoms. The second kappa shape index (κ2) is 13.9. The molecule has 0 aliphatic heterocycles. The Balaban J connectivity index is 1.22. The Kier molecular flexibility index (Phi) is 10.0. The summed E-state index contributed by atoms with van der Waals surface area (Å²) >= 11 is 11.5. The van der Waals surface area contributed by atoms with Gasteiger partial charge in [0.2, 0.25) is 0 Å². The van der Waals surface area contributed by atoms with Gasteiger partial charge in [0.1, 0.15) is 24.7 Å². The third-order valence-corrected chi connectivity index (χ3v) is 6.67. The Labute approximate surface area is 223 Å². The number of hydrogen-bond acceptors (Lipinski definition) is 4. The molecule has 0 bridgehead atoms. The van der Waals surface area contributed by atoms with Gasteiger partial charge in [-0.1, -0.05) is 73.3 Å². The van der Waals surface area contributed by atoms with E-state index in [2.05, 4.69) is 40.1 Å². The molecule has 0 aromatic heterocycles. The molecule has 3 aromatic carbocycles. The number of benzene rings is 3. The van der Waals surface area contributed by atoms with E-state index in [1.807, 2.05) is 36.4 Å². The third kappa shape index (κ3) is 8.25. The number of hydrogen-bond donors (Lipinski definition) is 2. The standard InChI is InChI=1S/C29H32ClN3O2S/c30-26-13-16-28(25(19-26)21-32-33-29(36)31-20-22-7-3-1-4-8-22)35-18-17-34-27-14-11-24(12-15-27)23-9-5-2-6-10-23/h1,3-4,7-8,11-16,19,21,23H,2,5-6,9-10,17-18,20H2,(H2,31,33,36)/b32-21+. The fourth-order valence-corrected chi connectivity index (χ4v) is 4.62. The minimum atomic E-state index is 0.400. The van der Waals surface area contributed by atoms with Gasteiger partial charge < -0.3 is 14.8 Å². The molecule has 1 aliphatic carbocycles. The quantitative estimate of drug-likeness (QED) is 0.132. The molecule has 0 saturated heterocycles. The van der Waals surface area contributed by atoms with Gasteiger partial charge in [-0.05, 0) is 72.4 Å². The van der Waals surface area contributed by atoms with Crippen molar-refractivity contribution in [1.82, 2.24) is 10.7 Å².